The molecule has 1 aliphatic rings. The molecule has 0 atom stereocenters. The van der Waals surface area contributed by atoms with Crippen molar-refractivity contribution in [2.45, 2.75) is 6.42 Å². The summed E-state index contributed by atoms with van der Waals surface area (Å²) in [6.07, 6.45) is 1.11. The molecule has 124 valence electrons. The van der Waals surface area contributed by atoms with Crippen molar-refractivity contribution in [2.24, 2.45) is 5.10 Å². The highest BCUT2D eigenvalue weighted by atomic mass is 32.1. The number of nitro benzene ring substituents is 1. The third kappa shape index (κ3) is 3.38. The van der Waals surface area contributed by atoms with E-state index in [1.54, 1.807) is 0 Å². The number of carbonyl (C=O) groups is 1. The molecule has 0 radical (unpaired) electrons. The van der Waals surface area contributed by atoms with E-state index >= 15 is 0 Å². The number of nitrogens with two attached hydrogens (primary N) is 1. The SMILES string of the molecule is Nc1nnc(CC(=O)NN=Cc2cc3c(cc2[N+](=O)[O-])OCO3)s1. The zero-order valence-electron chi connectivity index (χ0n) is 12.0. The quantitative estimate of drug-likeness (QED) is 0.447. The average Bonchev–Trinajstić information content (AvgIpc) is 3.14. The molecule has 0 spiro atoms. The normalized spacial score (nSPS) is 12.5. The van der Waals surface area contributed by atoms with Crippen molar-refractivity contribution in [3.8, 4) is 11.5 Å². The second-order valence-corrected chi connectivity index (χ2v) is 5.62. The van der Waals surface area contributed by atoms with Gasteiger partial charge in [0.15, 0.2) is 11.5 Å². The molecular weight excluding hydrogens is 340 g/mol. The minimum absolute atomic E-state index is 0.00516. The predicted octanol–water partition coefficient (Wildman–Crippen LogP) is 0.450. The molecule has 0 saturated carbocycles. The summed E-state index contributed by atoms with van der Waals surface area (Å²) < 4.78 is 10.3. The van der Waals surface area contributed by atoms with Gasteiger partial charge in [-0.1, -0.05) is 11.3 Å². The van der Waals surface area contributed by atoms with Crippen molar-refractivity contribution in [2.75, 3.05) is 12.5 Å². The molecule has 12 heteroatoms. The van der Waals surface area contributed by atoms with Gasteiger partial charge in [-0.15, -0.1) is 10.2 Å². The zero-order valence-corrected chi connectivity index (χ0v) is 12.8. The Bertz CT molecular complexity index is 835. The summed E-state index contributed by atoms with van der Waals surface area (Å²) in [7, 11) is 0. The van der Waals surface area contributed by atoms with Gasteiger partial charge >= 0.3 is 0 Å². The summed E-state index contributed by atoms with van der Waals surface area (Å²) in [4.78, 5) is 22.2. The van der Waals surface area contributed by atoms with Gasteiger partial charge < -0.3 is 15.2 Å². The number of carbonyl (C=O) groups excluding carboxylic acids is 1. The van der Waals surface area contributed by atoms with Crippen LogP contribution in [0.1, 0.15) is 10.6 Å². The van der Waals surface area contributed by atoms with E-state index < -0.39 is 10.8 Å². The van der Waals surface area contributed by atoms with Crippen molar-refractivity contribution in [1.82, 2.24) is 15.6 Å². The van der Waals surface area contributed by atoms with E-state index in [9.17, 15) is 14.9 Å². The number of amides is 1. The molecule has 1 aromatic carbocycles. The fraction of sp³-hybridized carbons (Fsp3) is 0.167. The first-order valence-electron chi connectivity index (χ1n) is 6.50. The first kappa shape index (κ1) is 15.6. The second kappa shape index (κ2) is 6.45. The minimum atomic E-state index is -0.574. The molecule has 2 heterocycles. The molecule has 1 aliphatic heterocycles. The van der Waals surface area contributed by atoms with Gasteiger partial charge in [0.05, 0.1) is 29.2 Å². The second-order valence-electron chi connectivity index (χ2n) is 4.53. The van der Waals surface area contributed by atoms with E-state index in [4.69, 9.17) is 15.2 Å². The van der Waals surface area contributed by atoms with Crippen LogP contribution in [-0.2, 0) is 11.2 Å². The highest BCUT2D eigenvalue weighted by Crippen LogP contribution is 2.37. The van der Waals surface area contributed by atoms with E-state index in [1.807, 2.05) is 0 Å². The Kier molecular flexibility index (Phi) is 4.20. The largest absolute Gasteiger partial charge is 0.454 e. The summed E-state index contributed by atoms with van der Waals surface area (Å²) in [5, 5.41) is 22.8. The van der Waals surface area contributed by atoms with Crippen LogP contribution in [0.4, 0.5) is 10.8 Å². The first-order chi connectivity index (χ1) is 11.5. The number of nitrogen functional groups attached to an aromatic ring is 1. The van der Waals surface area contributed by atoms with Crippen molar-refractivity contribution >= 4 is 34.3 Å². The number of hydrogen-bond donors (Lipinski definition) is 2. The molecule has 24 heavy (non-hydrogen) atoms. The number of fused-ring (bicyclic) bond motifs is 1. The molecule has 2 aromatic rings. The minimum Gasteiger partial charge on any atom is -0.454 e. The van der Waals surface area contributed by atoms with E-state index in [0.717, 1.165) is 17.6 Å². The molecule has 0 unspecified atom stereocenters. The third-order valence-corrected chi connectivity index (χ3v) is 3.66. The topological polar surface area (TPSA) is 155 Å². The number of nitrogens with one attached hydrogen (secondary N) is 1. The van der Waals surface area contributed by atoms with Gasteiger partial charge in [0.2, 0.25) is 17.8 Å². The molecule has 0 aliphatic carbocycles. The lowest BCUT2D eigenvalue weighted by Crippen LogP contribution is -2.19. The lowest BCUT2D eigenvalue weighted by atomic mass is 10.1. The smallest absolute Gasteiger partial charge is 0.282 e. The first-order valence-corrected chi connectivity index (χ1v) is 7.32. The summed E-state index contributed by atoms with van der Waals surface area (Å²) in [5.74, 6) is 0.209. The Morgan fingerprint density at radius 1 is 1.46 bits per heavy atom. The van der Waals surface area contributed by atoms with Crippen molar-refractivity contribution in [1.29, 1.82) is 0 Å². The average molecular weight is 350 g/mol. The van der Waals surface area contributed by atoms with Crippen LogP contribution >= 0.6 is 11.3 Å². The number of rotatable bonds is 5. The number of nitrogens with zero attached hydrogens (tertiary/aromatic N) is 4. The number of anilines is 1. The standard InChI is InChI=1S/C12H10N6O5S/c13-12-17-16-11(24-12)3-10(19)15-14-4-6-1-8-9(23-5-22-8)2-7(6)18(20)21/h1-2,4H,3,5H2,(H2,13,17)(H,15,19). The van der Waals surface area contributed by atoms with Gasteiger partial charge in [0.1, 0.15) is 5.01 Å². The molecule has 3 rings (SSSR count). The molecule has 0 fully saturated rings. The maximum atomic E-state index is 11.7. The van der Waals surface area contributed by atoms with Crippen molar-refractivity contribution in [3.05, 3.63) is 32.8 Å². The Hall–Kier alpha value is -3.28. The molecule has 11 nitrogen and oxygen atoms in total. The number of nitro groups is 1. The van der Waals surface area contributed by atoms with E-state index in [0.29, 0.717) is 10.8 Å². The van der Waals surface area contributed by atoms with Crippen LogP contribution < -0.4 is 20.6 Å². The lowest BCUT2D eigenvalue weighted by Gasteiger charge is -2.01. The summed E-state index contributed by atoms with van der Waals surface area (Å²) >= 11 is 1.09. The Balaban J connectivity index is 1.70. The van der Waals surface area contributed by atoms with Crippen LogP contribution in [0.15, 0.2) is 17.2 Å². The maximum absolute atomic E-state index is 11.7. The number of hydrogen-bond acceptors (Lipinski definition) is 10. The van der Waals surface area contributed by atoms with Gasteiger partial charge in [-0.25, -0.2) is 5.43 Å². The number of hydrazone groups is 1. The van der Waals surface area contributed by atoms with Crippen molar-refractivity contribution < 1.29 is 19.2 Å². The maximum Gasteiger partial charge on any atom is 0.282 e. The van der Waals surface area contributed by atoms with Crippen LogP contribution in [0.2, 0.25) is 0 Å². The number of ether oxygens (including phenoxy) is 2. The van der Waals surface area contributed by atoms with Crippen LogP contribution in [-0.4, -0.2) is 34.0 Å². The predicted molar refractivity (Wildman–Crippen MR) is 83.0 cm³/mol. The van der Waals surface area contributed by atoms with Crippen molar-refractivity contribution in [3.63, 3.8) is 0 Å². The summed E-state index contributed by atoms with van der Waals surface area (Å²) in [6.45, 7) is -0.00516. The van der Waals surface area contributed by atoms with Crippen LogP contribution in [0.3, 0.4) is 0 Å². The van der Waals surface area contributed by atoms with E-state index in [-0.39, 0.29) is 35.3 Å². The fourth-order valence-corrected chi connectivity index (χ4v) is 2.51. The number of benzene rings is 1. The van der Waals surface area contributed by atoms with E-state index in [1.165, 1.54) is 12.1 Å². The lowest BCUT2D eigenvalue weighted by molar-refractivity contribution is -0.385. The van der Waals surface area contributed by atoms with E-state index in [2.05, 4.69) is 20.7 Å². The molecular formula is C12H10N6O5S. The molecule has 0 bridgehead atoms. The Morgan fingerprint density at radius 2 is 2.21 bits per heavy atom. The van der Waals surface area contributed by atoms with Gasteiger partial charge in [-0.05, 0) is 6.07 Å². The fourth-order valence-electron chi connectivity index (χ4n) is 1.90. The Morgan fingerprint density at radius 3 is 2.88 bits per heavy atom. The highest BCUT2D eigenvalue weighted by Gasteiger charge is 2.22. The van der Waals surface area contributed by atoms with Crippen LogP contribution in [0.5, 0.6) is 11.5 Å². The molecule has 1 amide bonds. The molecule has 3 N–H and O–H groups in total. The number of aromatic nitrogens is 2. The van der Waals surface area contributed by atoms with Gasteiger partial charge in [-0.2, -0.15) is 5.10 Å². The monoisotopic (exact) mass is 350 g/mol. The van der Waals surface area contributed by atoms with Gasteiger partial charge in [-0.3, -0.25) is 14.9 Å². The zero-order chi connectivity index (χ0) is 17.1. The summed E-state index contributed by atoms with van der Waals surface area (Å²) in [5.41, 5.74) is 7.63. The Labute approximate surface area is 138 Å². The van der Waals surface area contributed by atoms with Crippen LogP contribution in [0, 0.1) is 10.1 Å². The highest BCUT2D eigenvalue weighted by molar-refractivity contribution is 7.15. The molecule has 0 saturated heterocycles. The third-order valence-electron chi connectivity index (χ3n) is 2.91. The van der Waals surface area contributed by atoms with Crippen LogP contribution in [0.25, 0.3) is 0 Å². The molecule has 1 aromatic heterocycles. The van der Waals surface area contributed by atoms with Gasteiger partial charge in [0.25, 0.3) is 5.69 Å². The van der Waals surface area contributed by atoms with Gasteiger partial charge in [0, 0.05) is 0 Å². The summed E-state index contributed by atoms with van der Waals surface area (Å²) in [6, 6.07) is 2.66.